The number of carbonyl (C=O) groups is 2. The highest BCUT2D eigenvalue weighted by molar-refractivity contribution is 5.81. The molecule has 1 aromatic rings. The third kappa shape index (κ3) is 3.70. The number of hydrogen-bond donors (Lipinski definition) is 0. The van der Waals surface area contributed by atoms with Gasteiger partial charge in [-0.05, 0) is 26.3 Å². The first-order valence-corrected chi connectivity index (χ1v) is 9.06. The maximum atomic E-state index is 12.6. The number of fused-ring (bicyclic) bond motifs is 1. The average Bonchev–Trinajstić information content (AvgIpc) is 3.08. The van der Waals surface area contributed by atoms with Crippen molar-refractivity contribution in [2.75, 3.05) is 33.3 Å². The summed E-state index contributed by atoms with van der Waals surface area (Å²) in [6.07, 6.45) is -0.357. The number of likely N-dealkylation sites (tertiary alicyclic amines) is 2. The summed E-state index contributed by atoms with van der Waals surface area (Å²) in [4.78, 5) is 29.0. The van der Waals surface area contributed by atoms with Gasteiger partial charge in [0.15, 0.2) is 0 Å². The Morgan fingerprint density at radius 3 is 2.46 bits per heavy atom. The van der Waals surface area contributed by atoms with Crippen LogP contribution in [0.1, 0.15) is 26.3 Å². The summed E-state index contributed by atoms with van der Waals surface area (Å²) in [6, 6.07) is 10.2. The molecular weight excluding hydrogens is 332 g/mol. The molecule has 3 rings (SSSR count). The third-order valence-electron chi connectivity index (χ3n) is 5.17. The van der Waals surface area contributed by atoms with E-state index >= 15 is 0 Å². The van der Waals surface area contributed by atoms with Gasteiger partial charge in [-0.1, -0.05) is 30.3 Å². The quantitative estimate of drug-likeness (QED) is 0.775. The van der Waals surface area contributed by atoms with Crippen molar-refractivity contribution in [2.24, 2.45) is 11.3 Å². The molecule has 0 aromatic heterocycles. The Labute approximate surface area is 155 Å². The smallest absolute Gasteiger partial charge is 0.410 e. The minimum Gasteiger partial charge on any atom is -0.468 e. The van der Waals surface area contributed by atoms with E-state index in [1.165, 1.54) is 12.7 Å². The van der Waals surface area contributed by atoms with Crippen molar-refractivity contribution >= 4 is 12.1 Å². The monoisotopic (exact) mass is 360 g/mol. The van der Waals surface area contributed by atoms with Crippen molar-refractivity contribution < 1.29 is 19.1 Å². The van der Waals surface area contributed by atoms with E-state index in [1.54, 1.807) is 4.90 Å². The second-order valence-corrected chi connectivity index (χ2v) is 8.36. The normalized spacial score (nSPS) is 25.8. The van der Waals surface area contributed by atoms with Crippen LogP contribution in [-0.4, -0.2) is 60.8 Å². The van der Waals surface area contributed by atoms with Gasteiger partial charge in [0.25, 0.3) is 0 Å². The summed E-state index contributed by atoms with van der Waals surface area (Å²) in [7, 11) is 1.42. The van der Waals surface area contributed by atoms with Crippen LogP contribution >= 0.6 is 0 Å². The van der Waals surface area contributed by atoms with Crippen LogP contribution in [-0.2, 0) is 20.8 Å². The van der Waals surface area contributed by atoms with Crippen molar-refractivity contribution in [2.45, 2.75) is 32.9 Å². The van der Waals surface area contributed by atoms with Gasteiger partial charge in [0.05, 0.1) is 7.11 Å². The van der Waals surface area contributed by atoms with Gasteiger partial charge in [0.2, 0.25) is 0 Å². The molecule has 0 radical (unpaired) electrons. The first-order valence-electron chi connectivity index (χ1n) is 9.06. The number of amides is 1. The van der Waals surface area contributed by atoms with Crippen molar-refractivity contribution in [3.63, 3.8) is 0 Å². The SMILES string of the molecule is COC(=O)[C@@]12CN(Cc3ccccc3)C[C@@H]1CN(C(=O)OC(C)(C)C)C2. The van der Waals surface area contributed by atoms with Gasteiger partial charge < -0.3 is 14.4 Å². The average molecular weight is 360 g/mol. The third-order valence-corrected chi connectivity index (χ3v) is 5.17. The fourth-order valence-corrected chi connectivity index (χ4v) is 4.09. The standard InChI is InChI=1S/C20H28N2O4/c1-19(2,3)26-18(24)22-12-16-11-21(10-15-8-6-5-7-9-15)13-20(16,14-22)17(23)25-4/h5-9,16H,10-14H2,1-4H3/t16-,20-/m1/s1. The van der Waals surface area contributed by atoms with Crippen LogP contribution in [0, 0.1) is 11.3 Å². The first kappa shape index (κ1) is 18.7. The Balaban J connectivity index is 1.73. The number of esters is 1. The van der Waals surface area contributed by atoms with E-state index in [9.17, 15) is 9.59 Å². The lowest BCUT2D eigenvalue weighted by Crippen LogP contribution is -2.43. The molecule has 6 heteroatoms. The molecule has 0 bridgehead atoms. The minimum atomic E-state index is -0.666. The summed E-state index contributed by atoms with van der Waals surface area (Å²) >= 11 is 0. The molecule has 2 atom stereocenters. The predicted molar refractivity (Wildman–Crippen MR) is 97.5 cm³/mol. The lowest BCUT2D eigenvalue weighted by atomic mass is 9.81. The maximum Gasteiger partial charge on any atom is 0.410 e. The van der Waals surface area contributed by atoms with E-state index in [1.807, 2.05) is 39.0 Å². The highest BCUT2D eigenvalue weighted by Gasteiger charge is 2.59. The molecule has 0 saturated carbocycles. The molecule has 6 nitrogen and oxygen atoms in total. The van der Waals surface area contributed by atoms with Crippen LogP contribution < -0.4 is 0 Å². The molecule has 0 spiro atoms. The van der Waals surface area contributed by atoms with Gasteiger partial charge in [-0.15, -0.1) is 0 Å². The Morgan fingerprint density at radius 2 is 1.85 bits per heavy atom. The summed E-state index contributed by atoms with van der Waals surface area (Å²) < 4.78 is 10.6. The lowest BCUT2D eigenvalue weighted by molar-refractivity contribution is -0.152. The number of methoxy groups -OCH3 is 1. The number of rotatable bonds is 3. The van der Waals surface area contributed by atoms with Crippen molar-refractivity contribution in [3.8, 4) is 0 Å². The van der Waals surface area contributed by atoms with E-state index < -0.39 is 11.0 Å². The molecule has 1 aromatic carbocycles. The zero-order valence-corrected chi connectivity index (χ0v) is 16.0. The number of nitrogens with zero attached hydrogens (tertiary/aromatic N) is 2. The van der Waals surface area contributed by atoms with Gasteiger partial charge in [0, 0.05) is 38.6 Å². The van der Waals surface area contributed by atoms with Gasteiger partial charge in [-0.2, -0.15) is 0 Å². The highest BCUT2D eigenvalue weighted by Crippen LogP contribution is 2.44. The number of benzene rings is 1. The van der Waals surface area contributed by atoms with Gasteiger partial charge >= 0.3 is 12.1 Å². The zero-order chi connectivity index (χ0) is 18.9. The summed E-state index contributed by atoms with van der Waals surface area (Å²) in [5.41, 5.74) is 0.00368. The van der Waals surface area contributed by atoms with Crippen LogP contribution in [0.25, 0.3) is 0 Å². The van der Waals surface area contributed by atoms with Gasteiger partial charge in [-0.25, -0.2) is 4.79 Å². The molecular formula is C20H28N2O4. The first-order chi connectivity index (χ1) is 12.2. The molecule has 2 aliphatic rings. The largest absolute Gasteiger partial charge is 0.468 e. The fraction of sp³-hybridized carbons (Fsp3) is 0.600. The van der Waals surface area contributed by atoms with Crippen LogP contribution in [0.2, 0.25) is 0 Å². The summed E-state index contributed by atoms with van der Waals surface area (Å²) in [6.45, 7) is 8.57. The van der Waals surface area contributed by atoms with Crippen molar-refractivity contribution in [1.29, 1.82) is 0 Å². The lowest BCUT2D eigenvalue weighted by Gasteiger charge is -2.28. The molecule has 26 heavy (non-hydrogen) atoms. The Hall–Kier alpha value is -2.08. The summed E-state index contributed by atoms with van der Waals surface area (Å²) in [5, 5.41) is 0. The molecule has 142 valence electrons. The molecule has 2 saturated heterocycles. The molecule has 0 aliphatic carbocycles. The fourth-order valence-electron chi connectivity index (χ4n) is 4.09. The Kier molecular flexibility index (Phi) is 4.97. The molecule has 0 unspecified atom stereocenters. The van der Waals surface area contributed by atoms with Gasteiger partial charge in [-0.3, -0.25) is 9.69 Å². The highest BCUT2D eigenvalue weighted by atomic mass is 16.6. The Morgan fingerprint density at radius 1 is 1.15 bits per heavy atom. The minimum absolute atomic E-state index is 0.0613. The summed E-state index contributed by atoms with van der Waals surface area (Å²) in [5.74, 6) is -0.171. The van der Waals surface area contributed by atoms with E-state index in [2.05, 4.69) is 17.0 Å². The molecule has 2 heterocycles. The van der Waals surface area contributed by atoms with E-state index in [0.717, 1.165) is 13.1 Å². The van der Waals surface area contributed by atoms with E-state index in [4.69, 9.17) is 9.47 Å². The van der Waals surface area contributed by atoms with Crippen LogP contribution in [0.3, 0.4) is 0 Å². The van der Waals surface area contributed by atoms with Crippen LogP contribution in [0.4, 0.5) is 4.79 Å². The second kappa shape index (κ2) is 6.91. The number of carbonyl (C=O) groups excluding carboxylic acids is 2. The molecule has 1 amide bonds. The molecule has 2 fully saturated rings. The van der Waals surface area contributed by atoms with Gasteiger partial charge in [0.1, 0.15) is 11.0 Å². The van der Waals surface area contributed by atoms with Crippen molar-refractivity contribution in [1.82, 2.24) is 9.80 Å². The van der Waals surface area contributed by atoms with Crippen LogP contribution in [0.15, 0.2) is 30.3 Å². The maximum absolute atomic E-state index is 12.6. The van der Waals surface area contributed by atoms with E-state index in [0.29, 0.717) is 19.6 Å². The molecule has 2 aliphatic heterocycles. The van der Waals surface area contributed by atoms with E-state index in [-0.39, 0.29) is 18.0 Å². The molecule has 0 N–H and O–H groups in total. The number of ether oxygens (including phenoxy) is 2. The van der Waals surface area contributed by atoms with Crippen molar-refractivity contribution in [3.05, 3.63) is 35.9 Å². The Bertz CT molecular complexity index is 670. The van der Waals surface area contributed by atoms with Crippen LogP contribution in [0.5, 0.6) is 0 Å². The predicted octanol–water partition coefficient (Wildman–Crippen LogP) is 2.53. The zero-order valence-electron chi connectivity index (χ0n) is 16.0. The topological polar surface area (TPSA) is 59.1 Å². The number of hydrogen-bond acceptors (Lipinski definition) is 5. The second-order valence-electron chi connectivity index (χ2n) is 8.36.